The molecule has 0 spiro atoms. The minimum absolute atomic E-state index is 0.0411. The summed E-state index contributed by atoms with van der Waals surface area (Å²) in [7, 11) is 0. The molecule has 0 aromatic heterocycles. The molecule has 1 heterocycles. The molecule has 2 aliphatic rings. The Bertz CT molecular complexity index is 653. The third-order valence-corrected chi connectivity index (χ3v) is 5.00. The average Bonchev–Trinajstić information content (AvgIpc) is 3.08. The maximum atomic E-state index is 13.0. The lowest BCUT2D eigenvalue weighted by molar-refractivity contribution is -0.117. The van der Waals surface area contributed by atoms with Gasteiger partial charge in [-0.15, -0.1) is 0 Å². The first kappa shape index (κ1) is 18.5. The second kappa shape index (κ2) is 8.85. The van der Waals surface area contributed by atoms with E-state index in [0.717, 1.165) is 51.1 Å². The lowest BCUT2D eigenvalue weighted by Crippen LogP contribution is -2.44. The van der Waals surface area contributed by atoms with Gasteiger partial charge in [-0.25, -0.2) is 0 Å². The highest BCUT2D eigenvalue weighted by Crippen LogP contribution is 2.30. The molecule has 2 fully saturated rings. The van der Waals surface area contributed by atoms with Crippen molar-refractivity contribution in [2.24, 2.45) is 5.92 Å². The van der Waals surface area contributed by atoms with E-state index in [-0.39, 0.29) is 17.8 Å². The SMILES string of the molecule is CC1CCC(OC(C(=O)Nc2ccccc2)=C(C=N)N2CCNCC2)C1. The van der Waals surface area contributed by atoms with Crippen molar-refractivity contribution in [1.29, 1.82) is 5.41 Å². The van der Waals surface area contributed by atoms with Crippen LogP contribution in [0.25, 0.3) is 0 Å². The zero-order valence-electron chi connectivity index (χ0n) is 15.3. The number of hydrogen-bond acceptors (Lipinski definition) is 5. The molecule has 140 valence electrons. The molecule has 1 aromatic carbocycles. The molecule has 3 rings (SSSR count). The van der Waals surface area contributed by atoms with Crippen LogP contribution in [-0.2, 0) is 9.53 Å². The van der Waals surface area contributed by atoms with E-state index in [0.29, 0.717) is 11.6 Å². The maximum Gasteiger partial charge on any atom is 0.293 e. The van der Waals surface area contributed by atoms with Crippen molar-refractivity contribution < 1.29 is 9.53 Å². The van der Waals surface area contributed by atoms with Gasteiger partial charge in [0.05, 0.1) is 6.10 Å². The Hall–Kier alpha value is -2.34. The molecule has 6 nitrogen and oxygen atoms in total. The number of carbonyl (C=O) groups is 1. The minimum atomic E-state index is -0.284. The molecule has 1 aliphatic carbocycles. The Balaban J connectivity index is 1.85. The molecule has 1 aliphatic heterocycles. The third kappa shape index (κ3) is 4.64. The van der Waals surface area contributed by atoms with Crippen LogP contribution in [0.2, 0.25) is 0 Å². The van der Waals surface area contributed by atoms with E-state index < -0.39 is 0 Å². The van der Waals surface area contributed by atoms with E-state index in [4.69, 9.17) is 10.1 Å². The van der Waals surface area contributed by atoms with Crippen molar-refractivity contribution in [3.63, 3.8) is 0 Å². The Morgan fingerprint density at radius 3 is 2.62 bits per heavy atom. The Morgan fingerprint density at radius 2 is 2.00 bits per heavy atom. The normalized spacial score (nSPS) is 24.0. The standard InChI is InChI=1S/C20H28N4O2/c1-15-7-8-17(13-15)26-19(18(14-21)24-11-9-22-10-12-24)20(25)23-16-5-3-2-4-6-16/h2-6,14-15,17,21-22H,7-13H2,1H3,(H,23,25). The number of benzene rings is 1. The van der Waals surface area contributed by atoms with E-state index >= 15 is 0 Å². The average molecular weight is 356 g/mol. The molecule has 0 bridgehead atoms. The quantitative estimate of drug-likeness (QED) is 0.416. The fraction of sp³-hybridized carbons (Fsp3) is 0.500. The zero-order valence-corrected chi connectivity index (χ0v) is 15.3. The fourth-order valence-corrected chi connectivity index (χ4v) is 3.57. The van der Waals surface area contributed by atoms with Crippen LogP contribution in [0.1, 0.15) is 26.2 Å². The van der Waals surface area contributed by atoms with Gasteiger partial charge in [0.2, 0.25) is 5.76 Å². The van der Waals surface area contributed by atoms with Gasteiger partial charge in [-0.3, -0.25) is 4.79 Å². The largest absolute Gasteiger partial charge is 0.483 e. The topological polar surface area (TPSA) is 77.5 Å². The molecule has 2 atom stereocenters. The molecule has 0 radical (unpaired) electrons. The monoisotopic (exact) mass is 356 g/mol. The lowest BCUT2D eigenvalue weighted by atomic mass is 10.1. The van der Waals surface area contributed by atoms with E-state index in [9.17, 15) is 4.79 Å². The summed E-state index contributed by atoms with van der Waals surface area (Å²) >= 11 is 0. The van der Waals surface area contributed by atoms with Gasteiger partial charge >= 0.3 is 0 Å². The first-order valence-corrected chi connectivity index (χ1v) is 9.41. The summed E-state index contributed by atoms with van der Waals surface area (Å²) in [6.45, 7) is 5.41. The number of nitrogens with one attached hydrogen (secondary N) is 3. The molecular weight excluding hydrogens is 328 g/mol. The summed E-state index contributed by atoms with van der Waals surface area (Å²) < 4.78 is 6.18. The van der Waals surface area contributed by atoms with Crippen molar-refractivity contribution >= 4 is 17.8 Å². The van der Waals surface area contributed by atoms with Crippen LogP contribution in [0.3, 0.4) is 0 Å². The molecule has 1 saturated carbocycles. The maximum absolute atomic E-state index is 13.0. The van der Waals surface area contributed by atoms with Gasteiger partial charge in [-0.2, -0.15) is 0 Å². The highest BCUT2D eigenvalue weighted by molar-refractivity contribution is 6.05. The van der Waals surface area contributed by atoms with Gasteiger partial charge in [0.25, 0.3) is 5.91 Å². The van der Waals surface area contributed by atoms with Crippen molar-refractivity contribution in [2.45, 2.75) is 32.3 Å². The van der Waals surface area contributed by atoms with Crippen LogP contribution in [0.15, 0.2) is 41.8 Å². The number of carbonyl (C=O) groups excluding carboxylic acids is 1. The number of nitrogens with zero attached hydrogens (tertiary/aromatic N) is 1. The number of hydrogen-bond donors (Lipinski definition) is 3. The highest BCUT2D eigenvalue weighted by atomic mass is 16.5. The molecule has 1 saturated heterocycles. The Morgan fingerprint density at radius 1 is 1.27 bits per heavy atom. The van der Waals surface area contributed by atoms with Crippen molar-refractivity contribution in [3.8, 4) is 0 Å². The van der Waals surface area contributed by atoms with Gasteiger partial charge in [0, 0.05) is 38.1 Å². The molecule has 3 N–H and O–H groups in total. The van der Waals surface area contributed by atoms with Crippen LogP contribution < -0.4 is 10.6 Å². The van der Waals surface area contributed by atoms with Crippen LogP contribution >= 0.6 is 0 Å². The van der Waals surface area contributed by atoms with E-state index in [1.165, 1.54) is 6.21 Å². The number of para-hydroxylation sites is 1. The summed E-state index contributed by atoms with van der Waals surface area (Å²) in [5, 5.41) is 14.1. The smallest absolute Gasteiger partial charge is 0.293 e. The summed E-state index contributed by atoms with van der Waals surface area (Å²) in [4.78, 5) is 15.0. The number of piperazine rings is 1. The van der Waals surface area contributed by atoms with Gasteiger partial charge in [-0.1, -0.05) is 25.1 Å². The van der Waals surface area contributed by atoms with Crippen LogP contribution in [-0.4, -0.2) is 49.3 Å². The second-order valence-corrected chi connectivity index (χ2v) is 7.07. The predicted octanol–water partition coefficient (Wildman–Crippen LogP) is 2.60. The Labute approximate surface area is 155 Å². The summed E-state index contributed by atoms with van der Waals surface area (Å²) in [5.41, 5.74) is 1.29. The van der Waals surface area contributed by atoms with Crippen LogP contribution in [0.4, 0.5) is 5.69 Å². The first-order valence-electron chi connectivity index (χ1n) is 9.41. The summed E-state index contributed by atoms with van der Waals surface area (Å²) in [5.74, 6) is 0.596. The predicted molar refractivity (Wildman–Crippen MR) is 103 cm³/mol. The number of anilines is 1. The second-order valence-electron chi connectivity index (χ2n) is 7.07. The van der Waals surface area contributed by atoms with Crippen molar-refractivity contribution in [1.82, 2.24) is 10.2 Å². The summed E-state index contributed by atoms with van der Waals surface area (Å²) in [6, 6.07) is 9.37. The van der Waals surface area contributed by atoms with Crippen molar-refractivity contribution in [2.75, 3.05) is 31.5 Å². The van der Waals surface area contributed by atoms with Crippen molar-refractivity contribution in [3.05, 3.63) is 41.8 Å². The zero-order chi connectivity index (χ0) is 18.4. The first-order chi connectivity index (χ1) is 12.7. The molecule has 1 amide bonds. The number of rotatable bonds is 6. The molecule has 1 aromatic rings. The van der Waals surface area contributed by atoms with Gasteiger partial charge in [0.1, 0.15) is 5.70 Å². The van der Waals surface area contributed by atoms with Gasteiger partial charge < -0.3 is 25.7 Å². The van der Waals surface area contributed by atoms with E-state index in [1.807, 2.05) is 30.3 Å². The highest BCUT2D eigenvalue weighted by Gasteiger charge is 2.29. The minimum Gasteiger partial charge on any atom is -0.483 e. The number of allylic oxidation sites excluding steroid dienone is 1. The van der Waals surface area contributed by atoms with Crippen LogP contribution in [0.5, 0.6) is 0 Å². The fourth-order valence-electron chi connectivity index (χ4n) is 3.57. The number of ether oxygens (including phenoxy) is 1. The van der Waals surface area contributed by atoms with E-state index in [1.54, 1.807) is 0 Å². The molecular formula is C20H28N4O2. The van der Waals surface area contributed by atoms with Gasteiger partial charge in [-0.05, 0) is 37.3 Å². The number of amides is 1. The third-order valence-electron chi connectivity index (χ3n) is 5.00. The molecule has 6 heteroatoms. The Kier molecular flexibility index (Phi) is 6.28. The van der Waals surface area contributed by atoms with E-state index in [2.05, 4.69) is 22.5 Å². The van der Waals surface area contributed by atoms with Crippen LogP contribution in [0, 0.1) is 11.3 Å². The van der Waals surface area contributed by atoms with Gasteiger partial charge in [0.15, 0.2) is 0 Å². The molecule has 26 heavy (non-hydrogen) atoms. The summed E-state index contributed by atoms with van der Waals surface area (Å²) in [6.07, 6.45) is 4.32. The lowest BCUT2D eigenvalue weighted by Gasteiger charge is -2.31. The molecule has 2 unspecified atom stereocenters.